The normalized spacial score (nSPS) is 9.76. The Morgan fingerprint density at radius 1 is 1.04 bits per heavy atom. The van der Waals surface area contributed by atoms with E-state index in [0.29, 0.717) is 11.4 Å². The number of aryl methyl sites for hydroxylation is 1. The van der Waals surface area contributed by atoms with Crippen LogP contribution in [-0.4, -0.2) is 26.2 Å². The van der Waals surface area contributed by atoms with Crippen molar-refractivity contribution >= 4 is 23.1 Å². The third-order valence-corrected chi connectivity index (χ3v) is 3.94. The number of nitrogens with one attached hydrogen (secondary N) is 2. The van der Waals surface area contributed by atoms with E-state index in [0.717, 1.165) is 30.0 Å². The van der Waals surface area contributed by atoms with Gasteiger partial charge in [-0.05, 0) is 56.7 Å². The molecule has 25 heavy (non-hydrogen) atoms. The van der Waals surface area contributed by atoms with Gasteiger partial charge in [0.1, 0.15) is 5.75 Å². The van der Waals surface area contributed by atoms with Gasteiger partial charge in [0.25, 0.3) is 0 Å². The number of rotatable bonds is 6. The molecule has 0 fully saturated rings. The lowest BCUT2D eigenvalue weighted by molar-refractivity contribution is -0.00000818. The first-order valence-electron chi connectivity index (χ1n) is 8.15. The van der Waals surface area contributed by atoms with Gasteiger partial charge in [-0.2, -0.15) is 0 Å². The van der Waals surface area contributed by atoms with Gasteiger partial charge in [0.05, 0.1) is 12.8 Å². The van der Waals surface area contributed by atoms with E-state index in [1.165, 1.54) is 0 Å². The van der Waals surface area contributed by atoms with Gasteiger partial charge in [-0.25, -0.2) is 4.79 Å². The van der Waals surface area contributed by atoms with E-state index in [2.05, 4.69) is 35.4 Å². The van der Waals surface area contributed by atoms with Gasteiger partial charge in [0, 0.05) is 24.5 Å². The largest absolute Gasteiger partial charge is 1.00 e. The van der Waals surface area contributed by atoms with Crippen LogP contribution in [0.5, 0.6) is 5.75 Å². The van der Waals surface area contributed by atoms with Crippen LogP contribution in [0.15, 0.2) is 42.5 Å². The molecule has 2 rings (SSSR count). The third-order valence-electron chi connectivity index (χ3n) is 3.94. The van der Waals surface area contributed by atoms with Crippen molar-refractivity contribution in [1.82, 2.24) is 0 Å². The predicted molar refractivity (Wildman–Crippen MR) is 100 cm³/mol. The van der Waals surface area contributed by atoms with E-state index in [1.807, 2.05) is 31.2 Å². The van der Waals surface area contributed by atoms with E-state index in [4.69, 9.17) is 4.74 Å². The van der Waals surface area contributed by atoms with Crippen LogP contribution in [-0.2, 0) is 0 Å². The van der Waals surface area contributed by atoms with Gasteiger partial charge in [-0.1, -0.05) is 12.1 Å². The van der Waals surface area contributed by atoms with Crippen LogP contribution in [0.2, 0.25) is 0 Å². The molecule has 0 unspecified atom stereocenters. The molecule has 0 spiro atoms. The summed E-state index contributed by atoms with van der Waals surface area (Å²) in [5.74, 6) is 0.626. The molecule has 2 aromatic rings. The maximum Gasteiger partial charge on any atom is 0.323 e. The number of urea groups is 1. The second kappa shape index (κ2) is 9.79. The number of para-hydroxylation sites is 2. The van der Waals surface area contributed by atoms with Crippen LogP contribution in [0, 0.1) is 6.92 Å². The lowest BCUT2D eigenvalue weighted by Crippen LogP contribution is -3.00. The number of benzene rings is 2. The van der Waals surface area contributed by atoms with Crippen molar-refractivity contribution in [3.63, 3.8) is 0 Å². The minimum absolute atomic E-state index is 0. The number of nitrogens with zero attached hydrogens (tertiary/aromatic N) is 1. The highest BCUT2D eigenvalue weighted by molar-refractivity contribution is 6.01. The first-order chi connectivity index (χ1) is 11.6. The number of methoxy groups -OCH3 is 1. The van der Waals surface area contributed by atoms with Crippen molar-refractivity contribution in [2.45, 2.75) is 20.8 Å². The molecule has 0 saturated carbocycles. The standard InChI is InChI=1S/C19H25N3O2.ClH/c1-5-22(6-2)15-11-12-16(14(3)13-15)20-19(23)21-17-9-7-8-10-18(17)24-4;/h7-13H,5-6H2,1-4H3,(H2,20,21,23);1H/p-1. The van der Waals surface area contributed by atoms with Crippen molar-refractivity contribution in [3.8, 4) is 5.75 Å². The topological polar surface area (TPSA) is 53.6 Å². The molecule has 0 atom stereocenters. The molecule has 2 amide bonds. The van der Waals surface area contributed by atoms with Gasteiger partial charge < -0.3 is 32.7 Å². The van der Waals surface area contributed by atoms with Crippen LogP contribution in [0.1, 0.15) is 19.4 Å². The molecule has 6 heteroatoms. The average Bonchev–Trinajstić information content (AvgIpc) is 2.59. The summed E-state index contributed by atoms with van der Waals surface area (Å²) in [6.07, 6.45) is 0. The van der Waals surface area contributed by atoms with Gasteiger partial charge in [0.2, 0.25) is 0 Å². The monoisotopic (exact) mass is 362 g/mol. The fourth-order valence-corrected chi connectivity index (χ4v) is 2.60. The van der Waals surface area contributed by atoms with Crippen LogP contribution in [0.25, 0.3) is 0 Å². The van der Waals surface area contributed by atoms with E-state index in [-0.39, 0.29) is 18.4 Å². The molecule has 0 aliphatic rings. The second-order valence-corrected chi connectivity index (χ2v) is 5.45. The van der Waals surface area contributed by atoms with Gasteiger partial charge in [0.15, 0.2) is 0 Å². The number of hydrogen-bond donors (Lipinski definition) is 2. The zero-order valence-corrected chi connectivity index (χ0v) is 15.9. The molecule has 5 nitrogen and oxygen atoms in total. The minimum atomic E-state index is -0.293. The number of ether oxygens (including phenoxy) is 1. The molecule has 0 aromatic heterocycles. The summed E-state index contributed by atoms with van der Waals surface area (Å²) in [4.78, 5) is 14.5. The summed E-state index contributed by atoms with van der Waals surface area (Å²) >= 11 is 0. The number of carbonyl (C=O) groups excluding carboxylic acids is 1. The Morgan fingerprint density at radius 3 is 2.28 bits per heavy atom. The molecule has 0 radical (unpaired) electrons. The van der Waals surface area contributed by atoms with Crippen LogP contribution in [0.4, 0.5) is 21.9 Å². The molecule has 136 valence electrons. The van der Waals surface area contributed by atoms with Crippen LogP contribution < -0.4 is 32.7 Å². The van der Waals surface area contributed by atoms with E-state index >= 15 is 0 Å². The Hall–Kier alpha value is -2.40. The minimum Gasteiger partial charge on any atom is -1.00 e. The number of anilines is 3. The van der Waals surface area contributed by atoms with Gasteiger partial charge >= 0.3 is 6.03 Å². The second-order valence-electron chi connectivity index (χ2n) is 5.45. The van der Waals surface area contributed by atoms with Crippen molar-refractivity contribution in [2.75, 3.05) is 35.7 Å². The Labute approximate surface area is 155 Å². The maximum atomic E-state index is 12.2. The maximum absolute atomic E-state index is 12.2. The molecular formula is C19H25ClN3O2-. The molecule has 0 bridgehead atoms. The third kappa shape index (κ3) is 5.29. The molecule has 0 heterocycles. The van der Waals surface area contributed by atoms with Crippen LogP contribution in [0.3, 0.4) is 0 Å². The fraction of sp³-hybridized carbons (Fsp3) is 0.316. The Bertz CT molecular complexity index is 703. The molecule has 0 saturated heterocycles. The summed E-state index contributed by atoms with van der Waals surface area (Å²) < 4.78 is 5.24. The van der Waals surface area contributed by atoms with Gasteiger partial charge in [-0.3, -0.25) is 0 Å². The highest BCUT2D eigenvalue weighted by Gasteiger charge is 2.10. The smallest absolute Gasteiger partial charge is 0.323 e. The lowest BCUT2D eigenvalue weighted by atomic mass is 10.1. The first kappa shape index (κ1) is 20.6. The number of amides is 2. The molecule has 2 aromatic carbocycles. The van der Waals surface area contributed by atoms with E-state index in [1.54, 1.807) is 19.2 Å². The number of carbonyl (C=O) groups is 1. The van der Waals surface area contributed by atoms with Crippen LogP contribution >= 0.6 is 0 Å². The summed E-state index contributed by atoms with van der Waals surface area (Å²) in [5, 5.41) is 5.70. The summed E-state index contributed by atoms with van der Waals surface area (Å²) in [6.45, 7) is 8.16. The zero-order valence-electron chi connectivity index (χ0n) is 15.1. The van der Waals surface area contributed by atoms with Crippen molar-refractivity contribution in [2.24, 2.45) is 0 Å². The predicted octanol–water partition coefficient (Wildman–Crippen LogP) is 1.50. The Kier molecular flexibility index (Phi) is 8.08. The molecular weight excluding hydrogens is 338 g/mol. The molecule has 2 N–H and O–H groups in total. The quantitative estimate of drug-likeness (QED) is 0.818. The fourth-order valence-electron chi connectivity index (χ4n) is 2.60. The number of hydrogen-bond acceptors (Lipinski definition) is 3. The highest BCUT2D eigenvalue weighted by Crippen LogP contribution is 2.25. The first-order valence-corrected chi connectivity index (χ1v) is 8.15. The highest BCUT2D eigenvalue weighted by atomic mass is 35.5. The number of halogens is 1. The molecule has 0 aliphatic heterocycles. The Balaban J connectivity index is 0.00000312. The van der Waals surface area contributed by atoms with E-state index in [9.17, 15) is 4.79 Å². The van der Waals surface area contributed by atoms with Gasteiger partial charge in [-0.15, -0.1) is 0 Å². The van der Waals surface area contributed by atoms with Crippen molar-refractivity contribution in [1.29, 1.82) is 0 Å². The van der Waals surface area contributed by atoms with Crippen molar-refractivity contribution in [3.05, 3.63) is 48.0 Å². The summed E-state index contributed by atoms with van der Waals surface area (Å²) in [6, 6.07) is 13.1. The van der Waals surface area contributed by atoms with E-state index < -0.39 is 0 Å². The molecule has 0 aliphatic carbocycles. The average molecular weight is 363 g/mol. The summed E-state index contributed by atoms with van der Waals surface area (Å²) in [7, 11) is 1.58. The SMILES string of the molecule is CCN(CC)c1ccc(NC(=O)Nc2ccccc2OC)c(C)c1.[Cl-]. The lowest BCUT2D eigenvalue weighted by Gasteiger charge is -2.22. The Morgan fingerprint density at radius 2 is 1.68 bits per heavy atom. The summed E-state index contributed by atoms with van der Waals surface area (Å²) in [5.41, 5.74) is 3.61. The van der Waals surface area contributed by atoms with Crippen molar-refractivity contribution < 1.29 is 21.9 Å². The zero-order chi connectivity index (χ0) is 17.5.